The van der Waals surface area contributed by atoms with E-state index in [1.54, 1.807) is 11.3 Å². The summed E-state index contributed by atoms with van der Waals surface area (Å²) in [6.45, 7) is 5.89. The molecular weight excluding hydrogens is 218 g/mol. The summed E-state index contributed by atoms with van der Waals surface area (Å²) >= 11 is 1.69. The van der Waals surface area contributed by atoms with Crippen LogP contribution in [0.3, 0.4) is 0 Å². The van der Waals surface area contributed by atoms with E-state index < -0.39 is 10.0 Å². The number of sulfonamides is 1. The monoisotopic (exact) mass is 233 g/mol. The highest BCUT2D eigenvalue weighted by molar-refractivity contribution is 7.88. The maximum absolute atomic E-state index is 11.0. The van der Waals surface area contributed by atoms with Crippen LogP contribution < -0.4 is 4.72 Å². The maximum Gasteiger partial charge on any atom is 0.209 e. The summed E-state index contributed by atoms with van der Waals surface area (Å²) in [5, 5.41) is 0. The van der Waals surface area contributed by atoms with Gasteiger partial charge in [0.2, 0.25) is 10.0 Å². The lowest BCUT2D eigenvalue weighted by Gasteiger charge is -2.11. The molecule has 1 unspecified atom stereocenters. The molecule has 0 aliphatic rings. The van der Waals surface area contributed by atoms with E-state index in [4.69, 9.17) is 0 Å². The van der Waals surface area contributed by atoms with Crippen molar-refractivity contribution in [3.05, 3.63) is 21.4 Å². The fraction of sp³-hybridized carbons (Fsp3) is 0.556. The fourth-order valence-corrected chi connectivity index (χ4v) is 3.26. The quantitative estimate of drug-likeness (QED) is 0.867. The van der Waals surface area contributed by atoms with Gasteiger partial charge in [-0.25, -0.2) is 13.1 Å². The molecule has 3 nitrogen and oxygen atoms in total. The minimum atomic E-state index is -3.12. The van der Waals surface area contributed by atoms with Crippen molar-refractivity contribution in [3.8, 4) is 0 Å². The first-order chi connectivity index (χ1) is 6.29. The third-order valence-corrected chi connectivity index (χ3v) is 3.70. The van der Waals surface area contributed by atoms with Crippen molar-refractivity contribution >= 4 is 21.4 Å². The molecule has 0 aliphatic heterocycles. The van der Waals surface area contributed by atoms with E-state index >= 15 is 0 Å². The van der Waals surface area contributed by atoms with Crippen LogP contribution in [-0.2, 0) is 10.0 Å². The fourth-order valence-electron chi connectivity index (χ4n) is 1.46. The Hall–Kier alpha value is -0.390. The van der Waals surface area contributed by atoms with Crippen LogP contribution in [0.15, 0.2) is 6.07 Å². The van der Waals surface area contributed by atoms with Crippen LogP contribution in [0.1, 0.15) is 28.3 Å². The molecule has 0 spiro atoms. The molecule has 0 amide bonds. The second kappa shape index (κ2) is 4.00. The molecule has 0 saturated heterocycles. The van der Waals surface area contributed by atoms with Crippen molar-refractivity contribution < 1.29 is 8.42 Å². The van der Waals surface area contributed by atoms with Gasteiger partial charge < -0.3 is 0 Å². The predicted molar refractivity (Wildman–Crippen MR) is 60.2 cm³/mol. The Morgan fingerprint density at radius 2 is 2.00 bits per heavy atom. The maximum atomic E-state index is 11.0. The number of aryl methyl sites for hydroxylation is 2. The lowest BCUT2D eigenvalue weighted by Crippen LogP contribution is -2.25. The van der Waals surface area contributed by atoms with E-state index in [9.17, 15) is 8.42 Å². The third kappa shape index (κ3) is 3.08. The largest absolute Gasteiger partial charge is 0.213 e. The molecule has 5 heteroatoms. The third-order valence-electron chi connectivity index (χ3n) is 1.94. The zero-order valence-electron chi connectivity index (χ0n) is 8.79. The molecule has 1 atom stereocenters. The first-order valence-electron chi connectivity index (χ1n) is 4.34. The topological polar surface area (TPSA) is 46.2 Å². The molecule has 0 fully saturated rings. The number of nitrogens with one attached hydrogen (secondary N) is 1. The molecule has 0 bridgehead atoms. The van der Waals surface area contributed by atoms with Gasteiger partial charge in [0, 0.05) is 15.8 Å². The molecule has 1 aromatic heterocycles. The highest BCUT2D eigenvalue weighted by Crippen LogP contribution is 2.26. The molecule has 0 aromatic carbocycles. The summed E-state index contributed by atoms with van der Waals surface area (Å²) in [7, 11) is -3.12. The zero-order chi connectivity index (χ0) is 10.9. The van der Waals surface area contributed by atoms with E-state index in [0.717, 1.165) is 5.56 Å². The zero-order valence-corrected chi connectivity index (χ0v) is 10.4. The molecule has 0 saturated carbocycles. The molecule has 1 heterocycles. The first-order valence-corrected chi connectivity index (χ1v) is 7.04. The molecule has 0 aliphatic carbocycles. The number of hydrogen-bond acceptors (Lipinski definition) is 3. The van der Waals surface area contributed by atoms with E-state index in [2.05, 4.69) is 4.72 Å². The highest BCUT2D eigenvalue weighted by Gasteiger charge is 2.14. The molecule has 80 valence electrons. The standard InChI is InChI=1S/C9H15NO2S2/c1-6-5-9(8(3)13-6)7(2)10-14(4,11)12/h5,7,10H,1-4H3. The van der Waals surface area contributed by atoms with Gasteiger partial charge in [0.05, 0.1) is 6.26 Å². The summed E-state index contributed by atoms with van der Waals surface area (Å²) in [4.78, 5) is 2.38. The Morgan fingerprint density at radius 1 is 1.43 bits per heavy atom. The van der Waals surface area contributed by atoms with Crippen LogP contribution in [0, 0.1) is 13.8 Å². The molecule has 0 radical (unpaired) electrons. The van der Waals surface area contributed by atoms with E-state index in [-0.39, 0.29) is 6.04 Å². The first kappa shape index (κ1) is 11.7. The van der Waals surface area contributed by atoms with Crippen molar-refractivity contribution in [3.63, 3.8) is 0 Å². The normalized spacial score (nSPS) is 14.3. The second-order valence-corrected chi connectivity index (χ2v) is 6.72. The van der Waals surface area contributed by atoms with Crippen LogP contribution in [0.5, 0.6) is 0 Å². The highest BCUT2D eigenvalue weighted by atomic mass is 32.2. The minimum absolute atomic E-state index is 0.144. The number of rotatable bonds is 3. The van der Waals surface area contributed by atoms with Gasteiger partial charge in [-0.05, 0) is 32.4 Å². The summed E-state index contributed by atoms with van der Waals surface area (Å²) < 4.78 is 24.6. The second-order valence-electron chi connectivity index (χ2n) is 3.48. The lowest BCUT2D eigenvalue weighted by atomic mass is 10.1. The summed E-state index contributed by atoms with van der Waals surface area (Å²) in [6.07, 6.45) is 1.18. The number of thiophene rings is 1. The van der Waals surface area contributed by atoms with Gasteiger partial charge in [-0.1, -0.05) is 0 Å². The van der Waals surface area contributed by atoms with Crippen molar-refractivity contribution in [2.24, 2.45) is 0 Å². The Labute approximate surface area is 89.2 Å². The number of hydrogen-bond donors (Lipinski definition) is 1. The van der Waals surface area contributed by atoms with Crippen LogP contribution >= 0.6 is 11.3 Å². The average Bonchev–Trinajstić information content (AvgIpc) is 2.26. The molecular formula is C9H15NO2S2. The minimum Gasteiger partial charge on any atom is -0.213 e. The van der Waals surface area contributed by atoms with Crippen molar-refractivity contribution in [1.29, 1.82) is 0 Å². The Morgan fingerprint density at radius 3 is 2.36 bits per heavy atom. The molecule has 1 rings (SSSR count). The smallest absolute Gasteiger partial charge is 0.209 e. The van der Waals surface area contributed by atoms with E-state index in [0.29, 0.717) is 0 Å². The van der Waals surface area contributed by atoms with Gasteiger partial charge in [-0.15, -0.1) is 11.3 Å². The summed E-state index contributed by atoms with van der Waals surface area (Å²) in [5.41, 5.74) is 1.07. The SMILES string of the molecule is Cc1cc(C(C)NS(C)(=O)=O)c(C)s1. The van der Waals surface area contributed by atoms with Gasteiger partial charge in [-0.2, -0.15) is 0 Å². The Balaban J connectivity index is 2.90. The van der Waals surface area contributed by atoms with Crippen LogP contribution in [0.2, 0.25) is 0 Å². The van der Waals surface area contributed by atoms with Crippen LogP contribution in [0.4, 0.5) is 0 Å². The van der Waals surface area contributed by atoms with Crippen molar-refractivity contribution in [2.75, 3.05) is 6.26 Å². The van der Waals surface area contributed by atoms with Gasteiger partial charge in [-0.3, -0.25) is 0 Å². The predicted octanol–water partition coefficient (Wildman–Crippen LogP) is 1.98. The van der Waals surface area contributed by atoms with E-state index in [1.807, 2.05) is 26.8 Å². The molecule has 1 N–H and O–H groups in total. The van der Waals surface area contributed by atoms with Gasteiger partial charge >= 0.3 is 0 Å². The van der Waals surface area contributed by atoms with Gasteiger partial charge in [0.15, 0.2) is 0 Å². The van der Waals surface area contributed by atoms with Gasteiger partial charge in [0.25, 0.3) is 0 Å². The lowest BCUT2D eigenvalue weighted by molar-refractivity contribution is 0.573. The van der Waals surface area contributed by atoms with Crippen molar-refractivity contribution in [1.82, 2.24) is 4.72 Å². The Bertz CT molecular complexity index is 420. The molecule has 14 heavy (non-hydrogen) atoms. The molecule has 1 aromatic rings. The summed E-state index contributed by atoms with van der Waals surface area (Å²) in [6, 6.07) is 1.89. The Kier molecular flexibility index (Phi) is 3.34. The van der Waals surface area contributed by atoms with E-state index in [1.165, 1.54) is 16.0 Å². The summed E-state index contributed by atoms with van der Waals surface area (Å²) in [5.74, 6) is 0. The van der Waals surface area contributed by atoms with Crippen LogP contribution in [-0.4, -0.2) is 14.7 Å². The average molecular weight is 233 g/mol. The van der Waals surface area contributed by atoms with Crippen molar-refractivity contribution in [2.45, 2.75) is 26.8 Å². The van der Waals surface area contributed by atoms with Crippen LogP contribution in [0.25, 0.3) is 0 Å². The van der Waals surface area contributed by atoms with Gasteiger partial charge in [0.1, 0.15) is 0 Å².